The van der Waals surface area contributed by atoms with Crippen molar-refractivity contribution in [2.24, 2.45) is 7.05 Å². The molecule has 0 aliphatic rings. The van der Waals surface area contributed by atoms with Gasteiger partial charge in [-0.1, -0.05) is 35.0 Å². The predicted molar refractivity (Wildman–Crippen MR) is 83.9 cm³/mol. The molecule has 0 saturated heterocycles. The first-order chi connectivity index (χ1) is 9.13. The zero-order chi connectivity index (χ0) is 13.8. The van der Waals surface area contributed by atoms with E-state index >= 15 is 0 Å². The SMILES string of the molecule is CCc1cc(CC(CCl)c2cccc(Br)c2)n(C)n1. The molecular formula is C15H18BrClN2. The highest BCUT2D eigenvalue weighted by Gasteiger charge is 2.14. The Hall–Kier alpha value is -0.800. The van der Waals surface area contributed by atoms with E-state index in [1.165, 1.54) is 11.3 Å². The molecule has 2 aromatic rings. The van der Waals surface area contributed by atoms with Gasteiger partial charge in [-0.05, 0) is 36.6 Å². The van der Waals surface area contributed by atoms with Gasteiger partial charge in [-0.3, -0.25) is 4.68 Å². The first-order valence-corrected chi connectivity index (χ1v) is 7.80. The second kappa shape index (κ2) is 6.58. The van der Waals surface area contributed by atoms with Crippen LogP contribution >= 0.6 is 27.5 Å². The van der Waals surface area contributed by atoms with Gasteiger partial charge in [0.2, 0.25) is 0 Å². The molecule has 0 saturated carbocycles. The van der Waals surface area contributed by atoms with Crippen LogP contribution in [-0.4, -0.2) is 15.7 Å². The zero-order valence-corrected chi connectivity index (χ0v) is 13.6. The number of aromatic nitrogens is 2. The van der Waals surface area contributed by atoms with Gasteiger partial charge in [0.05, 0.1) is 5.69 Å². The summed E-state index contributed by atoms with van der Waals surface area (Å²) >= 11 is 9.67. The normalized spacial score (nSPS) is 12.6. The summed E-state index contributed by atoms with van der Waals surface area (Å²) in [5, 5.41) is 4.49. The third-order valence-corrected chi connectivity index (χ3v) is 4.22. The molecule has 2 nitrogen and oxygen atoms in total. The first kappa shape index (κ1) is 14.6. The standard InChI is InChI=1S/C15H18BrClN2/c1-3-14-9-15(19(2)18-14)8-12(10-17)11-5-4-6-13(16)7-11/h4-7,9,12H,3,8,10H2,1-2H3. The van der Waals surface area contributed by atoms with Crippen LogP contribution in [0.15, 0.2) is 34.8 Å². The smallest absolute Gasteiger partial charge is 0.0624 e. The molecular weight excluding hydrogens is 324 g/mol. The van der Waals surface area contributed by atoms with E-state index in [1.54, 1.807) is 0 Å². The van der Waals surface area contributed by atoms with Crippen LogP contribution < -0.4 is 0 Å². The predicted octanol–water partition coefficient (Wildman–Crippen LogP) is 4.31. The molecule has 1 aromatic carbocycles. The van der Waals surface area contributed by atoms with Crippen LogP contribution in [0, 0.1) is 0 Å². The molecule has 1 unspecified atom stereocenters. The maximum atomic E-state index is 6.15. The van der Waals surface area contributed by atoms with E-state index in [-0.39, 0.29) is 0 Å². The van der Waals surface area contributed by atoms with Crippen LogP contribution in [0.4, 0.5) is 0 Å². The number of alkyl halides is 1. The second-order valence-corrected chi connectivity index (χ2v) is 5.94. The lowest BCUT2D eigenvalue weighted by molar-refractivity contribution is 0.655. The number of hydrogen-bond acceptors (Lipinski definition) is 1. The Labute approximate surface area is 127 Å². The lowest BCUT2D eigenvalue weighted by Crippen LogP contribution is -2.08. The molecule has 19 heavy (non-hydrogen) atoms. The van der Waals surface area contributed by atoms with Crippen molar-refractivity contribution in [3.8, 4) is 0 Å². The van der Waals surface area contributed by atoms with Gasteiger partial charge in [-0.2, -0.15) is 5.10 Å². The van der Waals surface area contributed by atoms with E-state index < -0.39 is 0 Å². The monoisotopic (exact) mass is 340 g/mol. The van der Waals surface area contributed by atoms with Crippen LogP contribution in [0.1, 0.15) is 29.8 Å². The quantitative estimate of drug-likeness (QED) is 0.741. The van der Waals surface area contributed by atoms with Crippen molar-refractivity contribution < 1.29 is 0 Å². The zero-order valence-electron chi connectivity index (χ0n) is 11.2. The molecule has 4 heteroatoms. The summed E-state index contributed by atoms with van der Waals surface area (Å²) in [5.74, 6) is 0.933. The molecule has 1 atom stereocenters. The van der Waals surface area contributed by atoms with Gasteiger partial charge in [-0.25, -0.2) is 0 Å². The maximum absolute atomic E-state index is 6.15. The summed E-state index contributed by atoms with van der Waals surface area (Å²) in [6.45, 7) is 2.12. The molecule has 1 aromatic heterocycles. The van der Waals surface area contributed by atoms with Crippen molar-refractivity contribution in [2.75, 3.05) is 5.88 Å². The molecule has 0 bridgehead atoms. The van der Waals surface area contributed by atoms with Gasteiger partial charge < -0.3 is 0 Å². The van der Waals surface area contributed by atoms with Gasteiger partial charge in [0, 0.05) is 29.0 Å². The van der Waals surface area contributed by atoms with Crippen LogP contribution in [0.2, 0.25) is 0 Å². The fraction of sp³-hybridized carbons (Fsp3) is 0.400. The van der Waals surface area contributed by atoms with E-state index in [2.05, 4.69) is 52.2 Å². The molecule has 0 N–H and O–H groups in total. The highest BCUT2D eigenvalue weighted by Crippen LogP contribution is 2.25. The van der Waals surface area contributed by atoms with Crippen LogP contribution in [0.3, 0.4) is 0 Å². The van der Waals surface area contributed by atoms with Crippen molar-refractivity contribution in [3.05, 3.63) is 51.8 Å². The van der Waals surface area contributed by atoms with Crippen LogP contribution in [0.25, 0.3) is 0 Å². The van der Waals surface area contributed by atoms with Crippen molar-refractivity contribution in [2.45, 2.75) is 25.7 Å². The van der Waals surface area contributed by atoms with E-state index in [1.807, 2.05) is 17.8 Å². The van der Waals surface area contributed by atoms with Crippen molar-refractivity contribution in [1.82, 2.24) is 9.78 Å². The molecule has 0 aliphatic heterocycles. The Kier molecular flexibility index (Phi) is 5.06. The second-order valence-electron chi connectivity index (χ2n) is 4.71. The van der Waals surface area contributed by atoms with Gasteiger partial charge in [0.25, 0.3) is 0 Å². The minimum absolute atomic E-state index is 0.319. The highest BCUT2D eigenvalue weighted by atomic mass is 79.9. The Morgan fingerprint density at radius 2 is 2.16 bits per heavy atom. The molecule has 102 valence electrons. The van der Waals surface area contributed by atoms with Gasteiger partial charge in [-0.15, -0.1) is 11.6 Å². The summed E-state index contributed by atoms with van der Waals surface area (Å²) in [4.78, 5) is 0. The van der Waals surface area contributed by atoms with E-state index in [0.717, 1.165) is 23.0 Å². The first-order valence-electron chi connectivity index (χ1n) is 6.47. The minimum atomic E-state index is 0.319. The number of benzene rings is 1. The lowest BCUT2D eigenvalue weighted by atomic mass is 9.96. The number of nitrogens with zero attached hydrogens (tertiary/aromatic N) is 2. The Balaban J connectivity index is 2.21. The number of aryl methyl sites for hydroxylation is 2. The summed E-state index contributed by atoms with van der Waals surface area (Å²) in [7, 11) is 2.00. The lowest BCUT2D eigenvalue weighted by Gasteiger charge is -2.14. The van der Waals surface area contributed by atoms with Crippen LogP contribution in [0.5, 0.6) is 0 Å². The Morgan fingerprint density at radius 3 is 2.74 bits per heavy atom. The van der Waals surface area contributed by atoms with Gasteiger partial charge >= 0.3 is 0 Å². The topological polar surface area (TPSA) is 17.8 Å². The van der Waals surface area contributed by atoms with Gasteiger partial charge in [0.1, 0.15) is 0 Å². The summed E-state index contributed by atoms with van der Waals surface area (Å²) < 4.78 is 3.07. The van der Waals surface area contributed by atoms with Crippen molar-refractivity contribution in [3.63, 3.8) is 0 Å². The molecule has 0 fully saturated rings. The fourth-order valence-corrected chi connectivity index (χ4v) is 2.91. The average molecular weight is 342 g/mol. The third-order valence-electron chi connectivity index (χ3n) is 3.35. The van der Waals surface area contributed by atoms with E-state index in [4.69, 9.17) is 11.6 Å². The molecule has 0 spiro atoms. The van der Waals surface area contributed by atoms with Crippen LogP contribution in [-0.2, 0) is 19.9 Å². The van der Waals surface area contributed by atoms with Crippen molar-refractivity contribution in [1.29, 1.82) is 0 Å². The van der Waals surface area contributed by atoms with Crippen molar-refractivity contribution >= 4 is 27.5 Å². The average Bonchev–Trinajstić information content (AvgIpc) is 2.76. The maximum Gasteiger partial charge on any atom is 0.0624 e. The third kappa shape index (κ3) is 3.61. The molecule has 1 heterocycles. The number of rotatable bonds is 5. The summed E-state index contributed by atoms with van der Waals surface area (Å²) in [6.07, 6.45) is 1.89. The van der Waals surface area contributed by atoms with Gasteiger partial charge in [0.15, 0.2) is 0 Å². The number of halogens is 2. The molecule has 0 aliphatic carbocycles. The minimum Gasteiger partial charge on any atom is -0.272 e. The Morgan fingerprint density at radius 1 is 1.37 bits per heavy atom. The fourth-order valence-electron chi connectivity index (χ4n) is 2.21. The molecule has 2 rings (SSSR count). The molecule has 0 radical (unpaired) electrons. The largest absolute Gasteiger partial charge is 0.272 e. The van der Waals surface area contributed by atoms with E-state index in [9.17, 15) is 0 Å². The number of hydrogen-bond donors (Lipinski definition) is 0. The summed E-state index contributed by atoms with van der Waals surface area (Å²) in [5.41, 5.74) is 3.64. The summed E-state index contributed by atoms with van der Waals surface area (Å²) in [6, 6.07) is 10.5. The van der Waals surface area contributed by atoms with E-state index in [0.29, 0.717) is 11.8 Å². The Bertz CT molecular complexity index is 551. The highest BCUT2D eigenvalue weighted by molar-refractivity contribution is 9.10. The molecule has 0 amide bonds.